The number of rotatable bonds is 4. The minimum Gasteiger partial charge on any atom is -0.467 e. The summed E-state index contributed by atoms with van der Waals surface area (Å²) in [4.78, 5) is 23.4. The first-order valence-corrected chi connectivity index (χ1v) is 5.85. The molecule has 0 bridgehead atoms. The van der Waals surface area contributed by atoms with Gasteiger partial charge >= 0.3 is 5.97 Å². The zero-order valence-corrected chi connectivity index (χ0v) is 11.5. The summed E-state index contributed by atoms with van der Waals surface area (Å²) in [7, 11) is 1.19. The fraction of sp³-hybridized carbons (Fsp3) is 0.583. The molecular formula is C12H19N3O4. The third kappa shape index (κ3) is 3.54. The molecule has 19 heavy (non-hydrogen) atoms. The van der Waals surface area contributed by atoms with Gasteiger partial charge in [-0.15, -0.1) is 0 Å². The zero-order chi connectivity index (χ0) is 14.6. The normalized spacial score (nSPS) is 12.9. The molecule has 1 atom stereocenters. The zero-order valence-electron chi connectivity index (χ0n) is 11.5. The number of carbonyl (C=O) groups is 2. The molecule has 1 aromatic rings. The van der Waals surface area contributed by atoms with E-state index < -0.39 is 24.5 Å². The van der Waals surface area contributed by atoms with Crippen molar-refractivity contribution in [2.24, 2.45) is 0 Å². The fourth-order valence-corrected chi connectivity index (χ4v) is 1.56. The van der Waals surface area contributed by atoms with Gasteiger partial charge in [-0.05, 0) is 26.8 Å². The summed E-state index contributed by atoms with van der Waals surface area (Å²) in [6.07, 6.45) is 1.51. The van der Waals surface area contributed by atoms with Gasteiger partial charge in [0.25, 0.3) is 5.91 Å². The Morgan fingerprint density at radius 3 is 2.63 bits per heavy atom. The molecule has 106 valence electrons. The van der Waals surface area contributed by atoms with E-state index in [0.717, 1.165) is 0 Å². The van der Waals surface area contributed by atoms with Crippen LogP contribution in [0.1, 0.15) is 31.3 Å². The molecule has 0 saturated heterocycles. The van der Waals surface area contributed by atoms with Gasteiger partial charge in [0.15, 0.2) is 6.04 Å². The third-order valence-electron chi connectivity index (χ3n) is 2.48. The first kappa shape index (κ1) is 15.2. The van der Waals surface area contributed by atoms with Crippen molar-refractivity contribution >= 4 is 11.9 Å². The van der Waals surface area contributed by atoms with Gasteiger partial charge in [0, 0.05) is 6.20 Å². The Morgan fingerprint density at radius 2 is 2.16 bits per heavy atom. The van der Waals surface area contributed by atoms with E-state index in [2.05, 4.69) is 15.2 Å². The molecule has 1 unspecified atom stereocenters. The number of esters is 1. The number of amides is 1. The molecule has 1 rings (SSSR count). The number of ether oxygens (including phenoxy) is 1. The first-order chi connectivity index (χ1) is 8.81. The summed E-state index contributed by atoms with van der Waals surface area (Å²) in [5, 5.41) is 15.6. The molecule has 1 aromatic heterocycles. The second kappa shape index (κ2) is 5.83. The minimum absolute atomic E-state index is 0.315. The van der Waals surface area contributed by atoms with E-state index in [9.17, 15) is 9.59 Å². The highest BCUT2D eigenvalue weighted by Crippen LogP contribution is 2.15. The number of nitrogens with zero attached hydrogens (tertiary/aromatic N) is 2. The second-order valence-electron chi connectivity index (χ2n) is 5.03. The van der Waals surface area contributed by atoms with Gasteiger partial charge < -0.3 is 15.2 Å². The molecule has 2 N–H and O–H groups in total. The predicted octanol–water partition coefficient (Wildman–Crippen LogP) is -0.0982. The van der Waals surface area contributed by atoms with Crippen LogP contribution in [0.3, 0.4) is 0 Å². The highest BCUT2D eigenvalue weighted by atomic mass is 16.5. The molecule has 0 aromatic carbocycles. The highest BCUT2D eigenvalue weighted by Gasteiger charge is 2.25. The Labute approximate surface area is 111 Å². The van der Waals surface area contributed by atoms with Gasteiger partial charge in [0.1, 0.15) is 5.69 Å². The summed E-state index contributed by atoms with van der Waals surface area (Å²) in [6, 6.07) is 0.465. The van der Waals surface area contributed by atoms with Crippen molar-refractivity contribution in [3.8, 4) is 0 Å². The molecule has 0 aliphatic rings. The molecule has 1 heterocycles. The van der Waals surface area contributed by atoms with Crippen molar-refractivity contribution in [2.75, 3.05) is 13.7 Å². The number of aliphatic hydroxyl groups excluding tert-OH is 1. The van der Waals surface area contributed by atoms with E-state index in [1.807, 2.05) is 20.8 Å². The minimum atomic E-state index is -1.08. The first-order valence-electron chi connectivity index (χ1n) is 5.85. The number of carbonyl (C=O) groups excluding carboxylic acids is 2. The van der Waals surface area contributed by atoms with Crippen LogP contribution < -0.4 is 5.32 Å². The molecule has 1 amide bonds. The Bertz CT molecular complexity index is 462. The summed E-state index contributed by atoms with van der Waals surface area (Å²) in [5.41, 5.74) is -0.0503. The molecule has 0 fully saturated rings. The maximum atomic E-state index is 12.1. The lowest BCUT2D eigenvalue weighted by Crippen LogP contribution is -2.45. The smallest absolute Gasteiger partial charge is 0.330 e. The average Bonchev–Trinajstić information content (AvgIpc) is 2.83. The lowest BCUT2D eigenvalue weighted by Gasteiger charge is -2.22. The van der Waals surface area contributed by atoms with Crippen molar-refractivity contribution in [1.82, 2.24) is 15.1 Å². The standard InChI is InChI=1S/C12H19N3O4/c1-12(2,3)15-9(5-6-13-15)10(17)14-8(7-16)11(18)19-4/h5-6,8,16H,7H2,1-4H3,(H,14,17). The molecule has 0 saturated carbocycles. The van der Waals surface area contributed by atoms with Crippen molar-refractivity contribution in [2.45, 2.75) is 32.4 Å². The van der Waals surface area contributed by atoms with Gasteiger partial charge in [-0.25, -0.2) is 4.79 Å². The van der Waals surface area contributed by atoms with Crippen LogP contribution in [0.4, 0.5) is 0 Å². The van der Waals surface area contributed by atoms with Crippen molar-refractivity contribution in [3.05, 3.63) is 18.0 Å². The van der Waals surface area contributed by atoms with Crippen molar-refractivity contribution < 1.29 is 19.4 Å². The number of methoxy groups -OCH3 is 1. The molecule has 7 nitrogen and oxygen atoms in total. The highest BCUT2D eigenvalue weighted by molar-refractivity contribution is 5.95. The van der Waals surface area contributed by atoms with Crippen molar-refractivity contribution in [1.29, 1.82) is 0 Å². The SMILES string of the molecule is COC(=O)C(CO)NC(=O)c1ccnn1C(C)(C)C. The van der Waals surface area contributed by atoms with Crippen molar-refractivity contribution in [3.63, 3.8) is 0 Å². The van der Waals surface area contributed by atoms with Crippen LogP contribution in [0.15, 0.2) is 12.3 Å². The van der Waals surface area contributed by atoms with E-state index in [-0.39, 0.29) is 5.54 Å². The summed E-state index contributed by atoms with van der Waals surface area (Å²) >= 11 is 0. The fourth-order valence-electron chi connectivity index (χ4n) is 1.56. The predicted molar refractivity (Wildman–Crippen MR) is 67.6 cm³/mol. The number of aliphatic hydroxyl groups is 1. The van der Waals surface area contributed by atoms with Crippen LogP contribution in [0.25, 0.3) is 0 Å². The van der Waals surface area contributed by atoms with Gasteiger partial charge in [0.2, 0.25) is 0 Å². The molecule has 7 heteroatoms. The van der Waals surface area contributed by atoms with E-state index >= 15 is 0 Å². The topological polar surface area (TPSA) is 93.4 Å². The van der Waals surface area contributed by atoms with E-state index in [1.54, 1.807) is 10.7 Å². The van der Waals surface area contributed by atoms with Gasteiger partial charge in [-0.2, -0.15) is 5.10 Å². The van der Waals surface area contributed by atoms with Gasteiger partial charge in [-0.1, -0.05) is 0 Å². The Kier molecular flexibility index (Phi) is 4.66. The number of hydrogen-bond donors (Lipinski definition) is 2. The monoisotopic (exact) mass is 269 g/mol. The quantitative estimate of drug-likeness (QED) is 0.745. The van der Waals surface area contributed by atoms with Crippen LogP contribution >= 0.6 is 0 Å². The van der Waals surface area contributed by atoms with E-state index in [1.165, 1.54) is 13.3 Å². The second-order valence-corrected chi connectivity index (χ2v) is 5.03. The maximum absolute atomic E-state index is 12.1. The molecule has 0 aliphatic heterocycles. The Hall–Kier alpha value is -1.89. The average molecular weight is 269 g/mol. The lowest BCUT2D eigenvalue weighted by molar-refractivity contribution is -0.143. The largest absolute Gasteiger partial charge is 0.467 e. The summed E-state index contributed by atoms with van der Waals surface area (Å²) < 4.78 is 6.03. The van der Waals surface area contributed by atoms with E-state index in [0.29, 0.717) is 5.69 Å². The summed E-state index contributed by atoms with van der Waals surface area (Å²) in [6.45, 7) is 5.18. The van der Waals surface area contributed by atoms with Gasteiger partial charge in [-0.3, -0.25) is 9.48 Å². The molecule has 0 spiro atoms. The number of aromatic nitrogens is 2. The Balaban J connectivity index is 2.90. The molecular weight excluding hydrogens is 250 g/mol. The van der Waals surface area contributed by atoms with Crippen LogP contribution in [0, 0.1) is 0 Å². The van der Waals surface area contributed by atoms with Crippen LogP contribution in [-0.2, 0) is 15.1 Å². The third-order valence-corrected chi connectivity index (χ3v) is 2.48. The summed E-state index contributed by atoms with van der Waals surface area (Å²) in [5.74, 6) is -1.19. The van der Waals surface area contributed by atoms with E-state index in [4.69, 9.17) is 5.11 Å². The van der Waals surface area contributed by atoms with Crippen LogP contribution in [-0.4, -0.2) is 46.5 Å². The maximum Gasteiger partial charge on any atom is 0.330 e. The number of nitrogens with one attached hydrogen (secondary N) is 1. The lowest BCUT2D eigenvalue weighted by atomic mass is 10.1. The number of hydrogen-bond acceptors (Lipinski definition) is 5. The molecule has 0 radical (unpaired) electrons. The molecule has 0 aliphatic carbocycles. The van der Waals surface area contributed by atoms with Crippen LogP contribution in [0.2, 0.25) is 0 Å². The Morgan fingerprint density at radius 1 is 1.53 bits per heavy atom. The van der Waals surface area contributed by atoms with Gasteiger partial charge in [0.05, 0.1) is 19.3 Å². The van der Waals surface area contributed by atoms with Crippen LogP contribution in [0.5, 0.6) is 0 Å².